The Bertz CT molecular complexity index is 994. The molecule has 0 heterocycles. The Labute approximate surface area is 186 Å². The van der Waals surface area contributed by atoms with Crippen molar-refractivity contribution in [2.45, 2.75) is 32.0 Å². The van der Waals surface area contributed by atoms with Gasteiger partial charge >= 0.3 is 12.1 Å². The van der Waals surface area contributed by atoms with Crippen LogP contribution in [0.25, 0.3) is 0 Å². The number of esters is 1. The minimum Gasteiger partial charge on any atom is -0.497 e. The molecule has 0 aliphatic carbocycles. The molecule has 0 unspecified atom stereocenters. The average Bonchev–Trinajstić information content (AvgIpc) is 2.76. The number of alkyl halides is 3. The number of hydrogen-bond acceptors (Lipinski definition) is 7. The first-order chi connectivity index (χ1) is 15.5. The summed E-state index contributed by atoms with van der Waals surface area (Å²) in [7, 11) is 1.53. The lowest BCUT2D eigenvalue weighted by atomic mass is 10.1. The number of rotatable bonds is 10. The molecule has 0 aliphatic rings. The van der Waals surface area contributed by atoms with Crippen molar-refractivity contribution in [2.24, 2.45) is 0 Å². The quantitative estimate of drug-likeness (QED) is 0.237. The molecular weight excluding hydrogens is 449 g/mol. The third-order valence-electron chi connectivity index (χ3n) is 4.31. The van der Waals surface area contributed by atoms with Gasteiger partial charge in [0.05, 0.1) is 29.9 Å². The number of carbonyl (C=O) groups excluding carboxylic acids is 2. The minimum atomic E-state index is -4.95. The molecule has 12 heteroatoms. The van der Waals surface area contributed by atoms with E-state index in [-0.39, 0.29) is 19.4 Å². The Morgan fingerprint density at radius 2 is 1.76 bits per heavy atom. The fourth-order valence-electron chi connectivity index (χ4n) is 2.61. The first kappa shape index (κ1) is 25.4. The highest BCUT2D eigenvalue weighted by Crippen LogP contribution is 2.37. The highest BCUT2D eigenvalue weighted by molar-refractivity contribution is 5.96. The molecule has 0 fully saturated rings. The first-order valence-corrected chi connectivity index (χ1v) is 9.64. The Kier molecular flexibility index (Phi) is 8.60. The Morgan fingerprint density at radius 1 is 1.12 bits per heavy atom. The van der Waals surface area contributed by atoms with Crippen LogP contribution < -0.4 is 14.8 Å². The normalized spacial score (nSPS) is 11.9. The van der Waals surface area contributed by atoms with Crippen LogP contribution in [0.4, 0.5) is 24.5 Å². The molecule has 9 nitrogen and oxygen atoms in total. The summed E-state index contributed by atoms with van der Waals surface area (Å²) < 4.78 is 55.1. The molecule has 33 heavy (non-hydrogen) atoms. The second-order valence-electron chi connectivity index (χ2n) is 6.73. The number of nitro groups is 1. The van der Waals surface area contributed by atoms with Crippen molar-refractivity contribution in [3.8, 4) is 11.5 Å². The number of hydrogen-bond donors (Lipinski definition) is 1. The van der Waals surface area contributed by atoms with Crippen molar-refractivity contribution in [3.63, 3.8) is 0 Å². The molecule has 0 saturated heterocycles. The van der Waals surface area contributed by atoms with Gasteiger partial charge in [0, 0.05) is 18.6 Å². The van der Waals surface area contributed by atoms with Gasteiger partial charge < -0.3 is 19.5 Å². The number of nitro benzene ring substituents is 1. The van der Waals surface area contributed by atoms with Crippen molar-refractivity contribution in [3.05, 3.63) is 58.1 Å². The molecule has 1 N–H and O–H groups in total. The van der Waals surface area contributed by atoms with Gasteiger partial charge in [0.25, 0.3) is 11.6 Å². The van der Waals surface area contributed by atoms with Gasteiger partial charge in [-0.15, -0.1) is 0 Å². The van der Waals surface area contributed by atoms with E-state index in [4.69, 9.17) is 14.2 Å². The van der Waals surface area contributed by atoms with Crippen molar-refractivity contribution < 1.29 is 41.9 Å². The summed E-state index contributed by atoms with van der Waals surface area (Å²) in [6, 6.07) is 8.70. The topological polar surface area (TPSA) is 117 Å². The fraction of sp³-hybridized carbons (Fsp3) is 0.333. The average molecular weight is 470 g/mol. The molecule has 0 saturated carbocycles. The minimum absolute atomic E-state index is 0.0842. The van der Waals surface area contributed by atoms with Crippen molar-refractivity contribution in [1.82, 2.24) is 0 Å². The molecule has 0 spiro atoms. The fourth-order valence-corrected chi connectivity index (χ4v) is 2.61. The van der Waals surface area contributed by atoms with Gasteiger partial charge in [0.15, 0.2) is 6.10 Å². The van der Waals surface area contributed by atoms with Crippen LogP contribution >= 0.6 is 0 Å². The number of methoxy groups -OCH3 is 1. The van der Waals surface area contributed by atoms with E-state index in [0.29, 0.717) is 17.6 Å². The van der Waals surface area contributed by atoms with E-state index in [0.717, 1.165) is 12.1 Å². The smallest absolute Gasteiger partial charge is 0.418 e. The number of anilines is 1. The molecule has 0 aliphatic heterocycles. The largest absolute Gasteiger partial charge is 0.497 e. The van der Waals surface area contributed by atoms with Gasteiger partial charge in [-0.05, 0) is 43.7 Å². The molecule has 0 bridgehead atoms. The SMILES string of the molecule is COc1ccc(OCCCC(=O)O[C@H](C)C(=O)Nc2ccc([N+](=O)[O-])cc2C(F)(F)F)cc1. The monoisotopic (exact) mass is 470 g/mol. The second-order valence-corrected chi connectivity index (χ2v) is 6.73. The summed E-state index contributed by atoms with van der Waals surface area (Å²) in [4.78, 5) is 33.9. The molecule has 178 valence electrons. The number of nitrogens with one attached hydrogen (secondary N) is 1. The van der Waals surface area contributed by atoms with E-state index in [2.05, 4.69) is 0 Å². The lowest BCUT2D eigenvalue weighted by Gasteiger charge is -2.17. The summed E-state index contributed by atoms with van der Waals surface area (Å²) in [6.45, 7) is 1.39. The summed E-state index contributed by atoms with van der Waals surface area (Å²) in [5, 5.41) is 12.7. The number of halogens is 3. The van der Waals surface area contributed by atoms with Crippen LogP contribution in [-0.4, -0.2) is 36.6 Å². The molecule has 2 aromatic carbocycles. The van der Waals surface area contributed by atoms with Crippen LogP contribution in [0.15, 0.2) is 42.5 Å². The molecular formula is C21H21F3N2O7. The molecule has 2 aromatic rings. The second kappa shape index (κ2) is 11.2. The van der Waals surface area contributed by atoms with Gasteiger partial charge in [-0.2, -0.15) is 13.2 Å². The maximum Gasteiger partial charge on any atom is 0.418 e. The number of carbonyl (C=O) groups is 2. The van der Waals surface area contributed by atoms with Gasteiger partial charge in [-0.3, -0.25) is 19.7 Å². The summed E-state index contributed by atoms with van der Waals surface area (Å²) in [5.41, 5.74) is -2.86. The van der Waals surface area contributed by atoms with Crippen molar-refractivity contribution in [2.75, 3.05) is 19.0 Å². The number of amides is 1. The number of ether oxygens (including phenoxy) is 3. The van der Waals surface area contributed by atoms with Crippen LogP contribution in [-0.2, 0) is 20.5 Å². The zero-order valence-electron chi connectivity index (χ0n) is 17.7. The molecule has 0 radical (unpaired) electrons. The molecule has 1 amide bonds. The Balaban J connectivity index is 1.85. The van der Waals surface area contributed by atoms with Gasteiger partial charge in [-0.25, -0.2) is 0 Å². The van der Waals surface area contributed by atoms with Gasteiger partial charge in [0.2, 0.25) is 0 Å². The highest BCUT2D eigenvalue weighted by atomic mass is 19.4. The standard InChI is InChI=1S/C21H21F3N2O7/c1-13(33-19(27)4-3-11-32-16-8-6-15(31-2)7-9-16)20(28)25-18-10-5-14(26(29)30)12-17(18)21(22,23)24/h5-10,12-13H,3-4,11H2,1-2H3,(H,25,28)/t13-/m1/s1. The number of nitrogens with zero attached hydrogens (tertiary/aromatic N) is 1. The predicted molar refractivity (Wildman–Crippen MR) is 110 cm³/mol. The third-order valence-corrected chi connectivity index (χ3v) is 4.31. The van der Waals surface area contributed by atoms with Gasteiger partial charge in [-0.1, -0.05) is 0 Å². The van der Waals surface area contributed by atoms with Crippen LogP contribution in [0.1, 0.15) is 25.3 Å². The highest BCUT2D eigenvalue weighted by Gasteiger charge is 2.36. The third kappa shape index (κ3) is 7.66. The zero-order chi connectivity index (χ0) is 24.6. The molecule has 2 rings (SSSR count). The van der Waals surface area contributed by atoms with E-state index in [9.17, 15) is 32.9 Å². The predicted octanol–water partition coefficient (Wildman–Crippen LogP) is 4.35. The molecule has 0 aromatic heterocycles. The van der Waals surface area contributed by atoms with E-state index < -0.39 is 46.0 Å². The lowest BCUT2D eigenvalue weighted by Crippen LogP contribution is -2.30. The maximum absolute atomic E-state index is 13.2. The van der Waals surface area contributed by atoms with Crippen LogP contribution in [0.5, 0.6) is 11.5 Å². The van der Waals surface area contributed by atoms with Gasteiger partial charge in [0.1, 0.15) is 11.5 Å². The summed E-state index contributed by atoms with van der Waals surface area (Å²) in [5.74, 6) is -0.525. The lowest BCUT2D eigenvalue weighted by molar-refractivity contribution is -0.385. The van der Waals surface area contributed by atoms with Crippen molar-refractivity contribution in [1.29, 1.82) is 0 Å². The van der Waals surface area contributed by atoms with Crippen LogP contribution in [0, 0.1) is 10.1 Å². The Hall–Kier alpha value is -3.83. The first-order valence-electron chi connectivity index (χ1n) is 9.64. The van der Waals surface area contributed by atoms with Crippen LogP contribution in [0.2, 0.25) is 0 Å². The van der Waals surface area contributed by atoms with E-state index in [1.807, 2.05) is 5.32 Å². The zero-order valence-corrected chi connectivity index (χ0v) is 17.7. The van der Waals surface area contributed by atoms with Crippen LogP contribution in [0.3, 0.4) is 0 Å². The number of non-ortho nitro benzene ring substituents is 1. The summed E-state index contributed by atoms with van der Waals surface area (Å²) in [6.07, 6.45) is -6.14. The van der Waals surface area contributed by atoms with E-state index >= 15 is 0 Å². The van der Waals surface area contributed by atoms with E-state index in [1.54, 1.807) is 24.3 Å². The molecule has 1 atom stereocenters. The van der Waals surface area contributed by atoms with Crippen molar-refractivity contribution >= 4 is 23.3 Å². The Morgan fingerprint density at radius 3 is 2.33 bits per heavy atom. The number of benzene rings is 2. The summed E-state index contributed by atoms with van der Waals surface area (Å²) >= 11 is 0. The maximum atomic E-state index is 13.2. The van der Waals surface area contributed by atoms with E-state index in [1.165, 1.54) is 14.0 Å².